The molecule has 124 valence electrons. The lowest BCUT2D eigenvalue weighted by molar-refractivity contribution is -0.126. The molecular formula is C18H24N2O2S. The van der Waals surface area contributed by atoms with E-state index in [1.165, 1.54) is 4.88 Å². The lowest BCUT2D eigenvalue weighted by atomic mass is 10.2. The van der Waals surface area contributed by atoms with Gasteiger partial charge < -0.3 is 10.1 Å². The van der Waals surface area contributed by atoms with Crippen molar-refractivity contribution in [1.82, 2.24) is 10.2 Å². The summed E-state index contributed by atoms with van der Waals surface area (Å²) in [6.07, 6.45) is 0. The number of hydrogen-bond donors (Lipinski definition) is 1. The minimum atomic E-state index is -0.152. The zero-order chi connectivity index (χ0) is 16.7. The van der Waals surface area contributed by atoms with Gasteiger partial charge in [-0.05, 0) is 42.6 Å². The first-order valence-corrected chi connectivity index (χ1v) is 8.69. The first kappa shape index (κ1) is 17.5. The number of benzene rings is 1. The van der Waals surface area contributed by atoms with Gasteiger partial charge in [0.25, 0.3) is 0 Å². The van der Waals surface area contributed by atoms with Gasteiger partial charge in [-0.15, -0.1) is 11.3 Å². The first-order chi connectivity index (χ1) is 11.1. The molecule has 1 aromatic carbocycles. The molecule has 0 fully saturated rings. The first-order valence-electron chi connectivity index (χ1n) is 7.81. The molecule has 2 rings (SSSR count). The Hall–Kier alpha value is -1.85. The average Bonchev–Trinajstić information content (AvgIpc) is 3.10. The largest absolute Gasteiger partial charge is 0.497 e. The highest BCUT2D eigenvalue weighted by atomic mass is 32.1. The number of rotatable bonds is 8. The van der Waals surface area contributed by atoms with Crippen LogP contribution in [0.5, 0.6) is 5.75 Å². The van der Waals surface area contributed by atoms with E-state index in [1.807, 2.05) is 37.3 Å². The van der Waals surface area contributed by atoms with E-state index in [4.69, 9.17) is 4.74 Å². The van der Waals surface area contributed by atoms with Gasteiger partial charge in [0.2, 0.25) is 5.91 Å². The summed E-state index contributed by atoms with van der Waals surface area (Å²) in [6.45, 7) is 6.23. The van der Waals surface area contributed by atoms with E-state index in [2.05, 4.69) is 28.6 Å². The highest BCUT2D eigenvalue weighted by Crippen LogP contribution is 2.14. The van der Waals surface area contributed by atoms with Crippen LogP contribution in [0, 0.1) is 0 Å². The van der Waals surface area contributed by atoms with Gasteiger partial charge >= 0.3 is 0 Å². The predicted molar refractivity (Wildman–Crippen MR) is 94.7 cm³/mol. The second-order valence-corrected chi connectivity index (χ2v) is 6.42. The second-order valence-electron chi connectivity index (χ2n) is 5.38. The van der Waals surface area contributed by atoms with Gasteiger partial charge in [0.05, 0.1) is 13.2 Å². The van der Waals surface area contributed by atoms with E-state index in [9.17, 15) is 4.79 Å². The Morgan fingerprint density at radius 3 is 2.61 bits per heavy atom. The van der Waals surface area contributed by atoms with Gasteiger partial charge in [-0.3, -0.25) is 9.69 Å². The maximum absolute atomic E-state index is 12.4. The minimum absolute atomic E-state index is 0.0548. The van der Waals surface area contributed by atoms with Crippen LogP contribution in [0.15, 0.2) is 41.8 Å². The smallest absolute Gasteiger partial charge is 0.237 e. The summed E-state index contributed by atoms with van der Waals surface area (Å²) in [4.78, 5) is 15.8. The molecule has 1 heterocycles. The number of methoxy groups -OCH3 is 1. The molecule has 0 aliphatic carbocycles. The van der Waals surface area contributed by atoms with Crippen molar-refractivity contribution < 1.29 is 9.53 Å². The molecule has 0 saturated carbocycles. The number of likely N-dealkylation sites (N-methyl/N-ethyl adjacent to an activating group) is 1. The molecule has 4 nitrogen and oxygen atoms in total. The maximum atomic E-state index is 12.4. The molecule has 1 aromatic heterocycles. The van der Waals surface area contributed by atoms with Gasteiger partial charge in [0.15, 0.2) is 0 Å². The molecule has 0 spiro atoms. The Morgan fingerprint density at radius 1 is 1.30 bits per heavy atom. The number of carbonyl (C=O) groups excluding carboxylic acids is 1. The monoisotopic (exact) mass is 332 g/mol. The summed E-state index contributed by atoms with van der Waals surface area (Å²) in [5.41, 5.74) is 1.06. The van der Waals surface area contributed by atoms with Crippen LogP contribution in [0.2, 0.25) is 0 Å². The van der Waals surface area contributed by atoms with Crippen LogP contribution < -0.4 is 10.1 Å². The maximum Gasteiger partial charge on any atom is 0.237 e. The molecule has 1 amide bonds. The van der Waals surface area contributed by atoms with Crippen LogP contribution >= 0.6 is 11.3 Å². The summed E-state index contributed by atoms with van der Waals surface area (Å²) in [5, 5.41) is 5.08. The van der Waals surface area contributed by atoms with Gasteiger partial charge in [-0.2, -0.15) is 0 Å². The van der Waals surface area contributed by atoms with Gasteiger partial charge in [0, 0.05) is 18.0 Å². The quantitative estimate of drug-likeness (QED) is 0.806. The Morgan fingerprint density at radius 2 is 2.04 bits per heavy atom. The molecule has 0 unspecified atom stereocenters. The predicted octanol–water partition coefficient (Wildman–Crippen LogP) is 3.28. The number of ether oxygens (including phenoxy) is 1. The molecule has 23 heavy (non-hydrogen) atoms. The fourth-order valence-electron chi connectivity index (χ4n) is 2.37. The van der Waals surface area contributed by atoms with Crippen molar-refractivity contribution >= 4 is 17.2 Å². The summed E-state index contributed by atoms with van der Waals surface area (Å²) in [5.74, 6) is 0.876. The minimum Gasteiger partial charge on any atom is -0.497 e. The fourth-order valence-corrected chi connectivity index (χ4v) is 3.10. The number of thiophene rings is 1. The van der Waals surface area contributed by atoms with Gasteiger partial charge in [-0.1, -0.05) is 25.1 Å². The summed E-state index contributed by atoms with van der Waals surface area (Å²) in [7, 11) is 1.64. The SMILES string of the molecule is CCN(Cc1cccs1)[C@H](C)C(=O)NCc1ccc(OC)cc1. The topological polar surface area (TPSA) is 41.6 Å². The third kappa shape index (κ3) is 5.08. The number of nitrogens with one attached hydrogen (secondary N) is 1. The van der Waals surface area contributed by atoms with Crippen molar-refractivity contribution in [3.8, 4) is 5.75 Å². The number of nitrogens with zero attached hydrogens (tertiary/aromatic N) is 1. The highest BCUT2D eigenvalue weighted by molar-refractivity contribution is 7.09. The highest BCUT2D eigenvalue weighted by Gasteiger charge is 2.20. The Labute approximate surface area is 142 Å². The van der Waals surface area contributed by atoms with Crippen LogP contribution in [0.4, 0.5) is 0 Å². The Balaban J connectivity index is 1.87. The summed E-state index contributed by atoms with van der Waals surface area (Å²) >= 11 is 1.72. The van der Waals surface area contributed by atoms with Crippen molar-refractivity contribution in [2.75, 3.05) is 13.7 Å². The summed E-state index contributed by atoms with van der Waals surface area (Å²) < 4.78 is 5.14. The number of hydrogen-bond acceptors (Lipinski definition) is 4. The van der Waals surface area contributed by atoms with Crippen molar-refractivity contribution in [3.63, 3.8) is 0 Å². The summed E-state index contributed by atoms with van der Waals surface area (Å²) in [6, 6.07) is 11.7. The molecule has 0 saturated heterocycles. The number of amides is 1. The zero-order valence-electron chi connectivity index (χ0n) is 13.9. The molecule has 0 bridgehead atoms. The fraction of sp³-hybridized carbons (Fsp3) is 0.389. The van der Waals surface area contributed by atoms with E-state index in [0.717, 1.165) is 24.4 Å². The van der Waals surface area contributed by atoms with Crippen molar-refractivity contribution in [2.45, 2.75) is 33.0 Å². The molecule has 0 radical (unpaired) electrons. The molecule has 5 heteroatoms. The van der Waals surface area contributed by atoms with Gasteiger partial charge in [-0.25, -0.2) is 0 Å². The molecule has 0 aliphatic heterocycles. The van der Waals surface area contributed by atoms with E-state index < -0.39 is 0 Å². The molecule has 0 aliphatic rings. The Kier molecular flexibility index (Phi) is 6.62. The standard InChI is InChI=1S/C18H24N2O2S/c1-4-20(13-17-6-5-11-23-17)14(2)18(21)19-12-15-7-9-16(22-3)10-8-15/h5-11,14H,4,12-13H2,1-3H3,(H,19,21)/t14-/m1/s1. The normalized spacial score (nSPS) is 12.2. The number of carbonyl (C=O) groups is 1. The molecule has 2 aromatic rings. The van der Waals surface area contributed by atoms with E-state index in [-0.39, 0.29) is 11.9 Å². The van der Waals surface area contributed by atoms with Crippen LogP contribution in [0.25, 0.3) is 0 Å². The van der Waals surface area contributed by atoms with Crippen LogP contribution in [-0.4, -0.2) is 30.5 Å². The third-order valence-corrected chi connectivity index (χ3v) is 4.76. The molecule has 1 atom stereocenters. The van der Waals surface area contributed by atoms with E-state index in [1.54, 1.807) is 18.4 Å². The lowest BCUT2D eigenvalue weighted by Gasteiger charge is -2.26. The van der Waals surface area contributed by atoms with Crippen molar-refractivity contribution in [3.05, 3.63) is 52.2 Å². The third-order valence-electron chi connectivity index (χ3n) is 3.90. The van der Waals surface area contributed by atoms with Crippen molar-refractivity contribution in [2.24, 2.45) is 0 Å². The Bertz CT molecular complexity index is 596. The average molecular weight is 332 g/mol. The lowest BCUT2D eigenvalue weighted by Crippen LogP contribution is -2.44. The van der Waals surface area contributed by atoms with E-state index in [0.29, 0.717) is 6.54 Å². The second kappa shape index (κ2) is 8.70. The van der Waals surface area contributed by atoms with Crippen molar-refractivity contribution in [1.29, 1.82) is 0 Å². The van der Waals surface area contributed by atoms with Gasteiger partial charge in [0.1, 0.15) is 5.75 Å². The van der Waals surface area contributed by atoms with Crippen LogP contribution in [0.1, 0.15) is 24.3 Å². The van der Waals surface area contributed by atoms with Crippen LogP contribution in [0.3, 0.4) is 0 Å². The molecular weight excluding hydrogens is 308 g/mol. The van der Waals surface area contributed by atoms with E-state index >= 15 is 0 Å². The zero-order valence-corrected chi connectivity index (χ0v) is 14.7. The molecule has 1 N–H and O–H groups in total. The van der Waals surface area contributed by atoms with Crippen LogP contribution in [-0.2, 0) is 17.9 Å².